The Bertz CT molecular complexity index is 657. The topological polar surface area (TPSA) is 59.2 Å². The average molecular weight is 285 g/mol. The van der Waals surface area contributed by atoms with Gasteiger partial charge in [0.05, 0.1) is 6.04 Å². The van der Waals surface area contributed by atoms with Crippen molar-refractivity contribution >= 4 is 11.7 Å². The smallest absolute Gasteiger partial charge is 0.248 e. The predicted molar refractivity (Wildman–Crippen MR) is 78.5 cm³/mol. The summed E-state index contributed by atoms with van der Waals surface area (Å²) in [4.78, 5) is 17.8. The van der Waals surface area contributed by atoms with Crippen molar-refractivity contribution in [3.8, 4) is 0 Å². The molecule has 1 saturated heterocycles. The molecule has 1 fully saturated rings. The molecule has 1 aromatic heterocycles. The summed E-state index contributed by atoms with van der Waals surface area (Å²) in [7, 11) is 0. The highest BCUT2D eigenvalue weighted by Gasteiger charge is 2.27. The number of carbonyl (C=O) groups excluding carboxylic acids is 1. The van der Waals surface area contributed by atoms with E-state index in [1.54, 1.807) is 30.5 Å². The third-order valence-corrected chi connectivity index (χ3v) is 3.83. The zero-order valence-corrected chi connectivity index (χ0v) is 11.5. The lowest BCUT2D eigenvalue weighted by atomic mass is 10.0. The van der Waals surface area contributed by atoms with Crippen LogP contribution in [0.3, 0.4) is 0 Å². The summed E-state index contributed by atoms with van der Waals surface area (Å²) in [5.74, 6) is 0.0338. The van der Waals surface area contributed by atoms with Crippen molar-refractivity contribution in [1.29, 1.82) is 0 Å². The molecule has 1 unspecified atom stereocenters. The highest BCUT2D eigenvalue weighted by Crippen LogP contribution is 2.35. The van der Waals surface area contributed by atoms with Gasteiger partial charge in [0, 0.05) is 18.3 Å². The molecule has 2 N–H and O–H groups in total. The van der Waals surface area contributed by atoms with Crippen LogP contribution in [0.2, 0.25) is 0 Å². The van der Waals surface area contributed by atoms with Gasteiger partial charge < -0.3 is 10.6 Å². The maximum absolute atomic E-state index is 13.1. The monoisotopic (exact) mass is 285 g/mol. The Balaban J connectivity index is 1.92. The Kier molecular flexibility index (Phi) is 3.56. The van der Waals surface area contributed by atoms with Gasteiger partial charge in [-0.05, 0) is 42.7 Å². The molecule has 2 aromatic rings. The van der Waals surface area contributed by atoms with Gasteiger partial charge in [0.25, 0.3) is 0 Å². The van der Waals surface area contributed by atoms with E-state index >= 15 is 0 Å². The Morgan fingerprint density at radius 3 is 2.76 bits per heavy atom. The Morgan fingerprint density at radius 1 is 1.29 bits per heavy atom. The molecule has 1 amide bonds. The van der Waals surface area contributed by atoms with Crippen molar-refractivity contribution < 1.29 is 9.18 Å². The summed E-state index contributed by atoms with van der Waals surface area (Å²) in [6.45, 7) is 0.858. The molecule has 1 aliphatic heterocycles. The van der Waals surface area contributed by atoms with Crippen LogP contribution >= 0.6 is 0 Å². The summed E-state index contributed by atoms with van der Waals surface area (Å²) >= 11 is 0. The summed E-state index contributed by atoms with van der Waals surface area (Å²) in [6.07, 6.45) is 3.61. The lowest BCUT2D eigenvalue weighted by Crippen LogP contribution is -2.24. The summed E-state index contributed by atoms with van der Waals surface area (Å²) < 4.78 is 13.1. The van der Waals surface area contributed by atoms with Crippen molar-refractivity contribution in [3.63, 3.8) is 0 Å². The molecule has 0 aliphatic carbocycles. The lowest BCUT2D eigenvalue weighted by Gasteiger charge is -2.26. The third kappa shape index (κ3) is 2.72. The molecule has 1 aliphatic rings. The van der Waals surface area contributed by atoms with Crippen molar-refractivity contribution in [2.75, 3.05) is 11.4 Å². The number of pyridine rings is 1. The number of carbonyl (C=O) groups is 1. The van der Waals surface area contributed by atoms with Gasteiger partial charge in [-0.15, -0.1) is 0 Å². The maximum Gasteiger partial charge on any atom is 0.248 e. The van der Waals surface area contributed by atoms with Crippen molar-refractivity contribution in [1.82, 2.24) is 4.98 Å². The van der Waals surface area contributed by atoms with Crippen LogP contribution in [0.1, 0.15) is 34.8 Å². The standard InChI is InChI=1S/C16H16FN3O/c17-13-5-3-11(4-6-13)14-2-1-9-20(14)15-10-12(16(18)21)7-8-19-15/h3-8,10,14H,1-2,9H2,(H2,18,21). The number of anilines is 1. The first-order valence-electron chi connectivity index (χ1n) is 6.93. The van der Waals surface area contributed by atoms with Gasteiger partial charge in [-0.25, -0.2) is 9.37 Å². The Labute approximate surface area is 122 Å². The molecule has 1 atom stereocenters. The quantitative estimate of drug-likeness (QED) is 0.943. The van der Waals surface area contributed by atoms with E-state index in [1.165, 1.54) is 12.1 Å². The van der Waals surface area contributed by atoms with Crippen molar-refractivity contribution in [2.24, 2.45) is 5.73 Å². The number of rotatable bonds is 3. The number of nitrogens with zero attached hydrogens (tertiary/aromatic N) is 2. The molecule has 3 rings (SSSR count). The minimum Gasteiger partial charge on any atom is -0.366 e. The van der Waals surface area contributed by atoms with E-state index < -0.39 is 5.91 Å². The van der Waals surface area contributed by atoms with Crippen molar-refractivity contribution in [3.05, 3.63) is 59.5 Å². The van der Waals surface area contributed by atoms with E-state index in [4.69, 9.17) is 5.73 Å². The van der Waals surface area contributed by atoms with Crippen LogP contribution in [0, 0.1) is 5.82 Å². The first-order valence-corrected chi connectivity index (χ1v) is 6.93. The number of benzene rings is 1. The van der Waals surface area contributed by atoms with Gasteiger partial charge in [-0.1, -0.05) is 12.1 Å². The molecule has 0 radical (unpaired) electrons. The second kappa shape index (κ2) is 5.52. The Morgan fingerprint density at radius 2 is 2.05 bits per heavy atom. The molecule has 108 valence electrons. The average Bonchev–Trinajstić information content (AvgIpc) is 2.97. The fraction of sp³-hybridized carbons (Fsp3) is 0.250. The van der Waals surface area contributed by atoms with Crippen molar-refractivity contribution in [2.45, 2.75) is 18.9 Å². The van der Waals surface area contributed by atoms with E-state index in [0.29, 0.717) is 5.56 Å². The van der Waals surface area contributed by atoms with E-state index in [9.17, 15) is 9.18 Å². The number of hydrogen-bond donors (Lipinski definition) is 1. The van der Waals surface area contributed by atoms with Gasteiger partial charge in [0.1, 0.15) is 11.6 Å². The predicted octanol–water partition coefficient (Wildman–Crippen LogP) is 2.66. The number of nitrogens with two attached hydrogens (primary N) is 1. The van der Waals surface area contributed by atoms with Crippen LogP contribution in [0.15, 0.2) is 42.6 Å². The van der Waals surface area contributed by atoms with Crippen LogP contribution in [0.25, 0.3) is 0 Å². The molecule has 4 nitrogen and oxygen atoms in total. The molecule has 2 heterocycles. The van der Waals surface area contributed by atoms with Gasteiger partial charge in [-0.3, -0.25) is 4.79 Å². The van der Waals surface area contributed by atoms with Crippen LogP contribution < -0.4 is 10.6 Å². The number of hydrogen-bond acceptors (Lipinski definition) is 3. The van der Waals surface area contributed by atoms with Gasteiger partial charge in [-0.2, -0.15) is 0 Å². The number of aromatic nitrogens is 1. The molecule has 5 heteroatoms. The minimum atomic E-state index is -0.462. The number of primary amides is 1. The Hall–Kier alpha value is -2.43. The molecule has 0 saturated carbocycles. The summed E-state index contributed by atoms with van der Waals surface area (Å²) in [5.41, 5.74) is 6.82. The van der Waals surface area contributed by atoms with E-state index in [0.717, 1.165) is 30.8 Å². The molecule has 0 spiro atoms. The fourth-order valence-electron chi connectivity index (χ4n) is 2.80. The summed E-state index contributed by atoms with van der Waals surface area (Å²) in [6, 6.07) is 10.0. The fourth-order valence-corrected chi connectivity index (χ4v) is 2.80. The minimum absolute atomic E-state index is 0.154. The number of halogens is 1. The lowest BCUT2D eigenvalue weighted by molar-refractivity contribution is 0.1000. The SMILES string of the molecule is NC(=O)c1ccnc(N2CCCC2c2ccc(F)cc2)c1. The molecule has 0 bridgehead atoms. The van der Waals surface area contributed by atoms with Crippen LogP contribution in [0.5, 0.6) is 0 Å². The third-order valence-electron chi connectivity index (χ3n) is 3.83. The highest BCUT2D eigenvalue weighted by atomic mass is 19.1. The summed E-state index contributed by atoms with van der Waals surface area (Å²) in [5, 5.41) is 0. The first-order chi connectivity index (χ1) is 10.1. The van der Waals surface area contributed by atoms with E-state index in [2.05, 4.69) is 9.88 Å². The van der Waals surface area contributed by atoms with Gasteiger partial charge >= 0.3 is 0 Å². The first kappa shape index (κ1) is 13.5. The molecule has 21 heavy (non-hydrogen) atoms. The number of amides is 1. The van der Waals surface area contributed by atoms with Crippen LogP contribution in [0.4, 0.5) is 10.2 Å². The normalized spacial score (nSPS) is 18.0. The second-order valence-electron chi connectivity index (χ2n) is 5.17. The molecule has 1 aromatic carbocycles. The van der Waals surface area contributed by atoms with E-state index in [-0.39, 0.29) is 11.9 Å². The van der Waals surface area contributed by atoms with Crippen LogP contribution in [-0.4, -0.2) is 17.4 Å². The second-order valence-corrected chi connectivity index (χ2v) is 5.17. The largest absolute Gasteiger partial charge is 0.366 e. The molecular weight excluding hydrogens is 269 g/mol. The van der Waals surface area contributed by atoms with Crippen LogP contribution in [-0.2, 0) is 0 Å². The van der Waals surface area contributed by atoms with Gasteiger partial charge in [0.2, 0.25) is 5.91 Å². The van der Waals surface area contributed by atoms with Gasteiger partial charge in [0.15, 0.2) is 0 Å². The highest BCUT2D eigenvalue weighted by molar-refractivity contribution is 5.93. The van der Waals surface area contributed by atoms with E-state index in [1.807, 2.05) is 0 Å². The zero-order chi connectivity index (χ0) is 14.8. The molecular formula is C16H16FN3O. The maximum atomic E-state index is 13.1. The zero-order valence-electron chi connectivity index (χ0n) is 11.5.